The molecule has 0 radical (unpaired) electrons. The van der Waals surface area contributed by atoms with Crippen LogP contribution < -0.4 is 0 Å². The molecule has 0 N–H and O–H groups in total. The number of rotatable bonds is 5. The van der Waals surface area contributed by atoms with Gasteiger partial charge in [0, 0.05) is 18.3 Å². The lowest BCUT2D eigenvalue weighted by atomic mass is 10.1. The highest BCUT2D eigenvalue weighted by atomic mass is 16.5. The summed E-state index contributed by atoms with van der Waals surface area (Å²) in [5.41, 5.74) is 3.76. The molecule has 0 spiro atoms. The fourth-order valence-electron chi connectivity index (χ4n) is 3.39. The maximum absolute atomic E-state index is 12.8. The molecule has 2 heterocycles. The molecular weight excluding hydrogens is 382 g/mol. The van der Waals surface area contributed by atoms with Crippen LogP contribution in [-0.2, 0) is 11.3 Å². The van der Waals surface area contributed by atoms with Crippen molar-refractivity contribution in [3.05, 3.63) is 83.6 Å². The zero-order valence-corrected chi connectivity index (χ0v) is 17.0. The number of imidazole rings is 1. The van der Waals surface area contributed by atoms with Crippen molar-refractivity contribution < 1.29 is 18.7 Å². The van der Waals surface area contributed by atoms with E-state index in [1.165, 1.54) is 7.11 Å². The number of esters is 1. The van der Waals surface area contributed by atoms with Crippen LogP contribution >= 0.6 is 0 Å². The molecule has 2 aromatic carbocycles. The van der Waals surface area contributed by atoms with Gasteiger partial charge in [-0.3, -0.25) is 9.36 Å². The summed E-state index contributed by atoms with van der Waals surface area (Å²) in [5, 5.41) is 0. The van der Waals surface area contributed by atoms with Crippen LogP contribution in [0, 0.1) is 6.92 Å². The second kappa shape index (κ2) is 7.87. The maximum Gasteiger partial charge on any atom is 0.341 e. The number of amides is 1. The quantitative estimate of drug-likeness (QED) is 0.471. The minimum atomic E-state index is -0.459. The van der Waals surface area contributed by atoms with Crippen LogP contribution in [0.4, 0.5) is 0 Å². The summed E-state index contributed by atoms with van der Waals surface area (Å²) >= 11 is 0. The molecule has 7 nitrogen and oxygen atoms in total. The molecule has 0 fully saturated rings. The molecule has 152 valence electrons. The Kier molecular flexibility index (Phi) is 5.10. The number of furan rings is 1. The third-order valence-corrected chi connectivity index (χ3v) is 4.96. The van der Waals surface area contributed by atoms with Crippen molar-refractivity contribution in [3.63, 3.8) is 0 Å². The molecule has 4 aromatic rings. The highest BCUT2D eigenvalue weighted by Crippen LogP contribution is 2.20. The topological polar surface area (TPSA) is 77.6 Å². The van der Waals surface area contributed by atoms with E-state index in [9.17, 15) is 9.59 Å². The third kappa shape index (κ3) is 3.57. The molecule has 7 heteroatoms. The van der Waals surface area contributed by atoms with Gasteiger partial charge < -0.3 is 14.1 Å². The van der Waals surface area contributed by atoms with Gasteiger partial charge in [-0.1, -0.05) is 12.1 Å². The Labute approximate surface area is 173 Å². The first-order valence-corrected chi connectivity index (χ1v) is 9.43. The highest BCUT2D eigenvalue weighted by molar-refractivity contribution is 5.94. The molecule has 4 rings (SSSR count). The summed E-state index contributed by atoms with van der Waals surface area (Å²) in [6.45, 7) is 1.93. The number of methoxy groups -OCH3 is 1. The molecule has 0 aliphatic heterocycles. The molecule has 2 aromatic heterocycles. The number of hydrogen-bond donors (Lipinski definition) is 0. The van der Waals surface area contributed by atoms with E-state index in [1.807, 2.05) is 41.0 Å². The smallest absolute Gasteiger partial charge is 0.341 e. The molecule has 0 unspecified atom stereocenters. The monoisotopic (exact) mass is 403 g/mol. The molecular formula is C23H21N3O4. The Morgan fingerprint density at radius 2 is 1.87 bits per heavy atom. The Balaban J connectivity index is 1.50. The first kappa shape index (κ1) is 19.4. The van der Waals surface area contributed by atoms with E-state index in [1.54, 1.807) is 43.4 Å². The second-order valence-electron chi connectivity index (χ2n) is 6.99. The van der Waals surface area contributed by atoms with Gasteiger partial charge in [0.15, 0.2) is 0 Å². The van der Waals surface area contributed by atoms with Crippen LogP contribution in [0.25, 0.3) is 16.7 Å². The number of carbonyl (C=O) groups excluding carboxylic acids is 2. The van der Waals surface area contributed by atoms with Gasteiger partial charge in [-0.15, -0.1) is 0 Å². The summed E-state index contributed by atoms with van der Waals surface area (Å²) in [4.78, 5) is 30.5. The Morgan fingerprint density at radius 1 is 1.13 bits per heavy atom. The van der Waals surface area contributed by atoms with Crippen molar-refractivity contribution in [3.8, 4) is 5.69 Å². The summed E-state index contributed by atoms with van der Waals surface area (Å²) in [6.07, 6.45) is 1.77. The number of aryl methyl sites for hydroxylation is 1. The minimum Gasteiger partial charge on any atom is -0.465 e. The lowest BCUT2D eigenvalue weighted by Crippen LogP contribution is -2.26. The third-order valence-electron chi connectivity index (χ3n) is 4.96. The fourth-order valence-corrected chi connectivity index (χ4v) is 3.39. The van der Waals surface area contributed by atoms with Crippen molar-refractivity contribution in [2.75, 3.05) is 14.2 Å². The summed E-state index contributed by atoms with van der Waals surface area (Å²) in [6, 6.07) is 16.8. The first-order valence-electron chi connectivity index (χ1n) is 9.43. The minimum absolute atomic E-state index is 0.147. The van der Waals surface area contributed by atoms with E-state index in [-0.39, 0.29) is 12.5 Å². The van der Waals surface area contributed by atoms with Gasteiger partial charge in [0.1, 0.15) is 23.4 Å². The van der Waals surface area contributed by atoms with Crippen LogP contribution in [0.2, 0.25) is 0 Å². The van der Waals surface area contributed by atoms with E-state index in [4.69, 9.17) is 9.15 Å². The van der Waals surface area contributed by atoms with Gasteiger partial charge in [0.2, 0.25) is 0 Å². The Hall–Kier alpha value is -3.87. The molecule has 30 heavy (non-hydrogen) atoms. The molecule has 0 saturated carbocycles. The van der Waals surface area contributed by atoms with Crippen LogP contribution in [0.3, 0.4) is 0 Å². The number of ether oxygens (including phenoxy) is 1. The predicted octanol–water partition coefficient (Wildman–Crippen LogP) is 3.99. The van der Waals surface area contributed by atoms with E-state index in [2.05, 4.69) is 4.98 Å². The highest BCUT2D eigenvalue weighted by Gasteiger charge is 2.19. The van der Waals surface area contributed by atoms with Gasteiger partial charge in [-0.05, 0) is 49.4 Å². The molecule has 0 bridgehead atoms. The molecule has 0 aliphatic carbocycles. The number of para-hydroxylation sites is 2. The first-order chi connectivity index (χ1) is 14.5. The number of aromatic nitrogens is 2. The van der Waals surface area contributed by atoms with E-state index in [0.29, 0.717) is 22.6 Å². The standard InChI is InChI=1S/C23H21N3O4/c1-15-19(23(28)29-3)12-18(30-15)13-25(2)22(27)16-8-10-17(11-9-16)26-14-24-20-6-4-5-7-21(20)26/h4-12,14H,13H2,1-3H3. The average Bonchev–Trinajstić information content (AvgIpc) is 3.36. The van der Waals surface area contributed by atoms with Gasteiger partial charge in [0.25, 0.3) is 5.91 Å². The van der Waals surface area contributed by atoms with Crippen LogP contribution in [0.1, 0.15) is 32.2 Å². The average molecular weight is 403 g/mol. The predicted molar refractivity (Wildman–Crippen MR) is 112 cm³/mol. The molecule has 0 atom stereocenters. The van der Waals surface area contributed by atoms with Gasteiger partial charge in [-0.25, -0.2) is 9.78 Å². The zero-order chi connectivity index (χ0) is 21.3. The molecule has 0 aliphatic rings. The lowest BCUT2D eigenvalue weighted by molar-refractivity contribution is 0.0598. The number of nitrogens with zero attached hydrogens (tertiary/aromatic N) is 3. The number of hydrogen-bond acceptors (Lipinski definition) is 5. The van der Waals surface area contributed by atoms with Crippen LogP contribution in [0.15, 0.2) is 65.3 Å². The van der Waals surface area contributed by atoms with Crippen molar-refractivity contribution in [1.82, 2.24) is 14.5 Å². The largest absolute Gasteiger partial charge is 0.465 e. The summed E-state index contributed by atoms with van der Waals surface area (Å²) in [7, 11) is 3.01. The van der Waals surface area contributed by atoms with Gasteiger partial charge in [-0.2, -0.15) is 0 Å². The Bertz CT molecular complexity index is 1220. The SMILES string of the molecule is COC(=O)c1cc(CN(C)C(=O)c2ccc(-n3cnc4ccccc43)cc2)oc1C. The zero-order valence-electron chi connectivity index (χ0n) is 17.0. The second-order valence-corrected chi connectivity index (χ2v) is 6.99. The van der Waals surface area contributed by atoms with Crippen LogP contribution in [0.5, 0.6) is 0 Å². The number of benzene rings is 2. The number of fused-ring (bicyclic) bond motifs is 1. The van der Waals surface area contributed by atoms with Gasteiger partial charge in [0.05, 0.1) is 24.7 Å². The van der Waals surface area contributed by atoms with Crippen molar-refractivity contribution in [1.29, 1.82) is 0 Å². The number of carbonyl (C=O) groups is 2. The Morgan fingerprint density at radius 3 is 2.60 bits per heavy atom. The normalized spacial score (nSPS) is 10.9. The van der Waals surface area contributed by atoms with Gasteiger partial charge >= 0.3 is 5.97 Å². The lowest BCUT2D eigenvalue weighted by Gasteiger charge is -2.16. The molecule has 1 amide bonds. The van der Waals surface area contributed by atoms with E-state index >= 15 is 0 Å². The van der Waals surface area contributed by atoms with E-state index < -0.39 is 5.97 Å². The summed E-state index contributed by atoms with van der Waals surface area (Å²) < 4.78 is 12.3. The van der Waals surface area contributed by atoms with E-state index in [0.717, 1.165) is 16.7 Å². The van der Waals surface area contributed by atoms with Crippen molar-refractivity contribution in [2.45, 2.75) is 13.5 Å². The maximum atomic E-state index is 12.8. The van der Waals surface area contributed by atoms with Crippen molar-refractivity contribution >= 4 is 22.9 Å². The van der Waals surface area contributed by atoms with Crippen LogP contribution in [-0.4, -0.2) is 40.5 Å². The summed E-state index contributed by atoms with van der Waals surface area (Å²) in [5.74, 6) is 0.379. The fraction of sp³-hybridized carbons (Fsp3) is 0.174. The molecule has 0 saturated heterocycles. The van der Waals surface area contributed by atoms with Crippen molar-refractivity contribution in [2.24, 2.45) is 0 Å².